The molecule has 20 heavy (non-hydrogen) atoms. The first-order valence-corrected chi connectivity index (χ1v) is 7.95. The molecule has 1 atom stereocenters. The lowest BCUT2D eigenvalue weighted by molar-refractivity contribution is 0.0702. The van der Waals surface area contributed by atoms with Crippen molar-refractivity contribution in [1.82, 2.24) is 9.71 Å². The van der Waals surface area contributed by atoms with Crippen LogP contribution in [0.2, 0.25) is 0 Å². The maximum Gasteiger partial charge on any atom is 0.345 e. The van der Waals surface area contributed by atoms with Gasteiger partial charge in [0, 0.05) is 18.4 Å². The Bertz CT molecular complexity index is 710. The predicted octanol–water partition coefficient (Wildman–Crippen LogP) is 1.88. The number of thiophene rings is 1. The van der Waals surface area contributed by atoms with Gasteiger partial charge < -0.3 is 5.11 Å². The number of pyridine rings is 1. The SMILES string of the molecule is CC(NS(=O)(=O)c1ccc(C(=O)O)s1)c1ccncc1. The lowest BCUT2D eigenvalue weighted by Gasteiger charge is -2.13. The number of aromatic carboxylic acids is 1. The van der Waals surface area contributed by atoms with Crippen LogP contribution in [-0.4, -0.2) is 24.5 Å². The van der Waals surface area contributed by atoms with Gasteiger partial charge in [0.2, 0.25) is 0 Å². The van der Waals surface area contributed by atoms with E-state index in [0.717, 1.165) is 16.9 Å². The zero-order valence-corrected chi connectivity index (χ0v) is 12.1. The van der Waals surface area contributed by atoms with E-state index in [4.69, 9.17) is 5.11 Å². The van der Waals surface area contributed by atoms with Crippen LogP contribution in [0.3, 0.4) is 0 Å². The Labute approximate surface area is 120 Å². The summed E-state index contributed by atoms with van der Waals surface area (Å²) in [4.78, 5) is 14.6. The molecule has 0 aliphatic heterocycles. The molecular formula is C12H12N2O4S2. The number of sulfonamides is 1. The average Bonchev–Trinajstić information content (AvgIpc) is 2.90. The molecule has 8 heteroatoms. The van der Waals surface area contributed by atoms with Crippen molar-refractivity contribution in [2.24, 2.45) is 0 Å². The summed E-state index contributed by atoms with van der Waals surface area (Å²) in [5.41, 5.74) is 0.776. The third kappa shape index (κ3) is 3.21. The van der Waals surface area contributed by atoms with Crippen molar-refractivity contribution in [2.75, 3.05) is 0 Å². The Kier molecular flexibility index (Phi) is 4.17. The van der Waals surface area contributed by atoms with E-state index in [1.807, 2.05) is 0 Å². The highest BCUT2D eigenvalue weighted by Gasteiger charge is 2.21. The summed E-state index contributed by atoms with van der Waals surface area (Å²) in [6.07, 6.45) is 3.15. The average molecular weight is 312 g/mol. The summed E-state index contributed by atoms with van der Waals surface area (Å²) in [5, 5.41) is 8.81. The van der Waals surface area contributed by atoms with E-state index in [0.29, 0.717) is 0 Å². The van der Waals surface area contributed by atoms with Crippen LogP contribution in [0.1, 0.15) is 28.2 Å². The molecule has 0 aromatic carbocycles. The van der Waals surface area contributed by atoms with Crippen molar-refractivity contribution in [3.8, 4) is 0 Å². The van der Waals surface area contributed by atoms with Crippen molar-refractivity contribution in [3.63, 3.8) is 0 Å². The Morgan fingerprint density at radius 2 is 1.95 bits per heavy atom. The number of hydrogen-bond acceptors (Lipinski definition) is 5. The molecule has 2 rings (SSSR count). The minimum absolute atomic E-state index is 0.0121. The number of carboxylic acids is 1. The van der Waals surface area contributed by atoms with Crippen molar-refractivity contribution in [1.29, 1.82) is 0 Å². The second kappa shape index (κ2) is 5.70. The first-order valence-electron chi connectivity index (χ1n) is 5.65. The molecule has 106 valence electrons. The maximum atomic E-state index is 12.1. The molecule has 0 saturated heterocycles. The molecule has 1 unspecified atom stereocenters. The number of carboxylic acid groups (broad SMARTS) is 1. The van der Waals surface area contributed by atoms with Gasteiger partial charge in [-0.3, -0.25) is 4.98 Å². The number of nitrogens with one attached hydrogen (secondary N) is 1. The van der Waals surface area contributed by atoms with Crippen molar-refractivity contribution in [3.05, 3.63) is 47.1 Å². The fourth-order valence-electron chi connectivity index (χ4n) is 1.59. The summed E-state index contributed by atoms with van der Waals surface area (Å²) in [6.45, 7) is 1.71. The largest absolute Gasteiger partial charge is 0.477 e. The Morgan fingerprint density at radius 1 is 1.30 bits per heavy atom. The fraction of sp³-hybridized carbons (Fsp3) is 0.167. The van der Waals surface area contributed by atoms with E-state index in [2.05, 4.69) is 9.71 Å². The predicted molar refractivity (Wildman–Crippen MR) is 74.3 cm³/mol. The molecule has 2 aromatic rings. The van der Waals surface area contributed by atoms with Gasteiger partial charge in [-0.25, -0.2) is 17.9 Å². The molecular weight excluding hydrogens is 300 g/mol. The molecule has 2 heterocycles. The second-order valence-corrected chi connectivity index (χ2v) is 7.07. The third-order valence-corrected chi connectivity index (χ3v) is 5.70. The number of carbonyl (C=O) groups is 1. The van der Waals surface area contributed by atoms with Gasteiger partial charge >= 0.3 is 5.97 Å². The highest BCUT2D eigenvalue weighted by Crippen LogP contribution is 2.23. The van der Waals surface area contributed by atoms with Crippen molar-refractivity contribution in [2.45, 2.75) is 17.2 Å². The highest BCUT2D eigenvalue weighted by atomic mass is 32.2. The Balaban J connectivity index is 2.20. The topological polar surface area (TPSA) is 96.4 Å². The zero-order valence-electron chi connectivity index (χ0n) is 10.5. The quantitative estimate of drug-likeness (QED) is 0.878. The molecule has 2 aromatic heterocycles. The summed E-state index contributed by atoms with van der Waals surface area (Å²) in [5.74, 6) is -1.14. The number of aromatic nitrogens is 1. The smallest absolute Gasteiger partial charge is 0.345 e. The molecule has 6 nitrogen and oxygen atoms in total. The van der Waals surface area contributed by atoms with Crippen molar-refractivity contribution < 1.29 is 18.3 Å². The van der Waals surface area contributed by atoms with Crippen LogP contribution in [0.4, 0.5) is 0 Å². The maximum absolute atomic E-state index is 12.1. The van der Waals surface area contributed by atoms with Crippen LogP contribution >= 0.6 is 11.3 Å². The molecule has 0 spiro atoms. The molecule has 2 N–H and O–H groups in total. The van der Waals surface area contributed by atoms with Crippen LogP contribution < -0.4 is 4.72 Å². The van der Waals surface area contributed by atoms with Crippen LogP contribution in [-0.2, 0) is 10.0 Å². The number of rotatable bonds is 5. The Hall–Kier alpha value is -1.77. The Morgan fingerprint density at radius 3 is 2.50 bits per heavy atom. The molecule has 0 saturated carbocycles. The zero-order chi connectivity index (χ0) is 14.8. The first kappa shape index (κ1) is 14.6. The summed E-state index contributed by atoms with van der Waals surface area (Å²) in [7, 11) is -3.74. The summed E-state index contributed by atoms with van der Waals surface area (Å²) in [6, 6.07) is 5.56. The molecule has 0 radical (unpaired) electrons. The van der Waals surface area contributed by atoms with Gasteiger partial charge in [0.1, 0.15) is 9.09 Å². The number of nitrogens with zero attached hydrogens (tertiary/aromatic N) is 1. The van der Waals surface area contributed by atoms with E-state index in [1.165, 1.54) is 12.1 Å². The van der Waals surface area contributed by atoms with Crippen LogP contribution in [0.15, 0.2) is 40.9 Å². The summed E-state index contributed by atoms with van der Waals surface area (Å²) >= 11 is 0.723. The van der Waals surface area contributed by atoms with E-state index in [9.17, 15) is 13.2 Å². The molecule has 0 fully saturated rings. The van der Waals surface area contributed by atoms with Gasteiger partial charge in [0.15, 0.2) is 0 Å². The van der Waals surface area contributed by atoms with Crippen LogP contribution in [0.5, 0.6) is 0 Å². The highest BCUT2D eigenvalue weighted by molar-refractivity contribution is 7.91. The van der Waals surface area contributed by atoms with Gasteiger partial charge in [0.25, 0.3) is 10.0 Å². The molecule has 0 amide bonds. The third-order valence-electron chi connectivity index (χ3n) is 2.60. The minimum atomic E-state index is -3.74. The van der Waals surface area contributed by atoms with E-state index < -0.39 is 22.0 Å². The summed E-state index contributed by atoms with van der Waals surface area (Å²) < 4.78 is 26.8. The van der Waals surface area contributed by atoms with E-state index in [1.54, 1.807) is 31.5 Å². The second-order valence-electron chi connectivity index (χ2n) is 4.05. The normalized spacial score (nSPS) is 13.1. The van der Waals surface area contributed by atoms with Crippen LogP contribution in [0.25, 0.3) is 0 Å². The van der Waals surface area contributed by atoms with Gasteiger partial charge in [-0.05, 0) is 36.8 Å². The van der Waals surface area contributed by atoms with Crippen molar-refractivity contribution >= 4 is 27.3 Å². The molecule has 0 bridgehead atoms. The van der Waals surface area contributed by atoms with Gasteiger partial charge in [-0.1, -0.05) is 0 Å². The molecule has 0 aliphatic rings. The standard InChI is InChI=1S/C12H12N2O4S2/c1-8(9-4-6-13-7-5-9)14-20(17,18)11-3-2-10(19-11)12(15)16/h2-8,14H,1H3,(H,15,16). The minimum Gasteiger partial charge on any atom is -0.477 e. The van der Waals surface area contributed by atoms with E-state index >= 15 is 0 Å². The lowest BCUT2D eigenvalue weighted by Crippen LogP contribution is -2.26. The number of hydrogen-bond donors (Lipinski definition) is 2. The van der Waals surface area contributed by atoms with Gasteiger partial charge in [0.05, 0.1) is 0 Å². The lowest BCUT2D eigenvalue weighted by atomic mass is 10.1. The van der Waals surface area contributed by atoms with Gasteiger partial charge in [-0.2, -0.15) is 0 Å². The molecule has 0 aliphatic carbocycles. The first-order chi connectivity index (χ1) is 9.40. The van der Waals surface area contributed by atoms with E-state index in [-0.39, 0.29) is 9.09 Å². The fourth-order valence-corrected chi connectivity index (χ4v) is 3.98. The monoisotopic (exact) mass is 312 g/mol. The van der Waals surface area contributed by atoms with Crippen LogP contribution in [0, 0.1) is 0 Å². The van der Waals surface area contributed by atoms with Gasteiger partial charge in [-0.15, -0.1) is 11.3 Å².